The summed E-state index contributed by atoms with van der Waals surface area (Å²) < 4.78 is 0. The van der Waals surface area contributed by atoms with Crippen LogP contribution in [0.2, 0.25) is 0 Å². The van der Waals surface area contributed by atoms with E-state index in [1.807, 2.05) is 0 Å². The first-order chi connectivity index (χ1) is 10.00. The number of ketones is 1. The minimum atomic E-state index is -0.00546. The molecule has 2 heteroatoms. The van der Waals surface area contributed by atoms with E-state index in [1.165, 1.54) is 24.8 Å². The number of Topliss-reactive ketones (excluding diaryl/α,β-unsaturated/α-hetero) is 1. The van der Waals surface area contributed by atoms with Crippen molar-refractivity contribution in [1.29, 1.82) is 0 Å². The first-order valence-electron chi connectivity index (χ1n) is 8.10. The van der Waals surface area contributed by atoms with Crippen LogP contribution in [0.25, 0.3) is 0 Å². The van der Waals surface area contributed by atoms with Gasteiger partial charge in [-0.05, 0) is 60.3 Å². The highest BCUT2D eigenvalue weighted by Crippen LogP contribution is 2.67. The highest BCUT2D eigenvalue weighted by atomic mass is 16.1. The summed E-state index contributed by atoms with van der Waals surface area (Å²) in [4.78, 5) is 23.5. The Bertz CT molecular complexity index is 623. The topological polar surface area (TPSA) is 34.1 Å². The van der Waals surface area contributed by atoms with Crippen LogP contribution in [0.4, 0.5) is 0 Å². The Hall–Kier alpha value is -1.44. The lowest BCUT2D eigenvalue weighted by molar-refractivity contribution is -0.119. The van der Waals surface area contributed by atoms with Gasteiger partial charge < -0.3 is 0 Å². The maximum absolute atomic E-state index is 12.1. The van der Waals surface area contributed by atoms with Gasteiger partial charge in [-0.25, -0.2) is 0 Å². The summed E-state index contributed by atoms with van der Waals surface area (Å²) in [6.07, 6.45) is 11.4. The molecule has 2 nitrogen and oxygen atoms in total. The molecule has 0 radical (unpaired) electrons. The molecular weight excluding hydrogens is 260 g/mol. The minimum Gasteiger partial charge on any atom is -0.298 e. The van der Waals surface area contributed by atoms with E-state index in [9.17, 15) is 9.59 Å². The number of allylic oxidation sites excluding steroid dienone is 5. The second kappa shape index (κ2) is 4.06. The lowest BCUT2D eigenvalue weighted by atomic mass is 9.49. The van der Waals surface area contributed by atoms with Gasteiger partial charge in [-0.1, -0.05) is 31.2 Å². The fourth-order valence-electron chi connectivity index (χ4n) is 5.79. The van der Waals surface area contributed by atoms with Crippen LogP contribution in [0.15, 0.2) is 35.5 Å². The number of hydrogen-bond acceptors (Lipinski definition) is 2. The third-order valence-corrected chi connectivity index (χ3v) is 6.80. The average Bonchev–Trinajstić information content (AvgIpc) is 2.70. The Kier molecular flexibility index (Phi) is 2.56. The first kappa shape index (κ1) is 13.2. The molecule has 2 saturated carbocycles. The zero-order valence-corrected chi connectivity index (χ0v) is 12.7. The smallest absolute Gasteiger partial charge is 0.166 e. The summed E-state index contributed by atoms with van der Waals surface area (Å²) in [5.74, 6) is 1.28. The first-order valence-corrected chi connectivity index (χ1v) is 8.10. The molecule has 2 fully saturated rings. The van der Waals surface area contributed by atoms with E-state index in [0.717, 1.165) is 24.7 Å². The van der Waals surface area contributed by atoms with Gasteiger partial charge in [0.05, 0.1) is 5.57 Å². The Morgan fingerprint density at radius 1 is 1.38 bits per heavy atom. The van der Waals surface area contributed by atoms with E-state index in [2.05, 4.69) is 25.7 Å². The molecule has 4 rings (SSSR count). The van der Waals surface area contributed by atoms with Crippen molar-refractivity contribution in [3.05, 3.63) is 35.5 Å². The molecule has 4 aliphatic carbocycles. The van der Waals surface area contributed by atoms with Gasteiger partial charge in [-0.15, -0.1) is 0 Å². The summed E-state index contributed by atoms with van der Waals surface area (Å²) in [5.41, 5.74) is 3.11. The molecule has 21 heavy (non-hydrogen) atoms. The maximum Gasteiger partial charge on any atom is 0.166 e. The predicted molar refractivity (Wildman–Crippen MR) is 81.6 cm³/mol. The minimum absolute atomic E-state index is 0.00546. The van der Waals surface area contributed by atoms with E-state index in [0.29, 0.717) is 23.8 Å². The molecule has 0 heterocycles. The summed E-state index contributed by atoms with van der Waals surface area (Å²) in [7, 11) is 0. The molecule has 0 amide bonds. The number of hydrogen-bond donors (Lipinski definition) is 0. The number of rotatable bonds is 1. The zero-order valence-electron chi connectivity index (χ0n) is 12.7. The Morgan fingerprint density at radius 2 is 2.19 bits per heavy atom. The SMILES string of the molecule is C=C1C[C@@]23C=CC4=C(C=O)C(=O)CC[C@@]4(C)[C@@H]2CC[C@@H]1C3. The third-order valence-electron chi connectivity index (χ3n) is 6.80. The Balaban J connectivity index is 1.90. The van der Waals surface area contributed by atoms with Gasteiger partial charge in [0, 0.05) is 6.42 Å². The number of fused-ring (bicyclic) bond motifs is 3. The Labute approximate surface area is 126 Å². The quantitative estimate of drug-likeness (QED) is 0.416. The normalized spacial score (nSPS) is 44.6. The van der Waals surface area contributed by atoms with Crippen LogP contribution < -0.4 is 0 Å². The molecule has 0 aromatic carbocycles. The molecular formula is C19H22O2. The van der Waals surface area contributed by atoms with Crippen LogP contribution in [-0.4, -0.2) is 12.1 Å². The van der Waals surface area contributed by atoms with E-state index in [4.69, 9.17) is 0 Å². The largest absolute Gasteiger partial charge is 0.298 e. The maximum atomic E-state index is 12.1. The van der Waals surface area contributed by atoms with E-state index < -0.39 is 0 Å². The molecule has 4 aliphatic rings. The Morgan fingerprint density at radius 3 is 2.95 bits per heavy atom. The van der Waals surface area contributed by atoms with Crippen molar-refractivity contribution in [2.75, 3.05) is 0 Å². The highest BCUT2D eigenvalue weighted by molar-refractivity contribution is 6.13. The fourth-order valence-corrected chi connectivity index (χ4v) is 5.79. The van der Waals surface area contributed by atoms with Crippen LogP contribution in [0.3, 0.4) is 0 Å². The van der Waals surface area contributed by atoms with Crippen molar-refractivity contribution >= 4 is 12.1 Å². The second-order valence-corrected chi connectivity index (χ2v) is 7.72. The summed E-state index contributed by atoms with van der Waals surface area (Å²) in [6.45, 7) is 6.58. The summed E-state index contributed by atoms with van der Waals surface area (Å²) in [6, 6.07) is 0. The monoisotopic (exact) mass is 282 g/mol. The van der Waals surface area contributed by atoms with E-state index in [-0.39, 0.29) is 16.6 Å². The van der Waals surface area contributed by atoms with Crippen LogP contribution in [0.1, 0.15) is 45.4 Å². The van der Waals surface area contributed by atoms with E-state index in [1.54, 1.807) is 0 Å². The van der Waals surface area contributed by atoms with Gasteiger partial charge in [0.15, 0.2) is 12.1 Å². The molecule has 0 N–H and O–H groups in total. The van der Waals surface area contributed by atoms with Crippen molar-refractivity contribution in [2.24, 2.45) is 22.7 Å². The van der Waals surface area contributed by atoms with Crippen molar-refractivity contribution < 1.29 is 9.59 Å². The standard InChI is InChI=1S/C19H22O2/c1-12-9-19-8-5-15-14(11-20)16(21)6-7-18(15,2)17(19)4-3-13(12)10-19/h5,8,11,13,17H,1,3-4,6-7,9-10H2,2H3/t13-,17+,18-,19-/m1/s1. The third kappa shape index (κ3) is 1.54. The van der Waals surface area contributed by atoms with Crippen LogP contribution in [0.5, 0.6) is 0 Å². The number of aldehydes is 1. The van der Waals surface area contributed by atoms with Crippen molar-refractivity contribution in [3.8, 4) is 0 Å². The van der Waals surface area contributed by atoms with Crippen LogP contribution in [0, 0.1) is 22.7 Å². The van der Waals surface area contributed by atoms with Gasteiger partial charge in [0.25, 0.3) is 0 Å². The lowest BCUT2D eigenvalue weighted by Crippen LogP contribution is -2.47. The van der Waals surface area contributed by atoms with Gasteiger partial charge in [-0.3, -0.25) is 9.59 Å². The summed E-state index contributed by atoms with van der Waals surface area (Å²) in [5, 5.41) is 0. The number of carbonyl (C=O) groups excluding carboxylic acids is 2. The van der Waals surface area contributed by atoms with Gasteiger partial charge in [0.1, 0.15) is 0 Å². The predicted octanol–water partition coefficient (Wildman–Crippen LogP) is 3.78. The van der Waals surface area contributed by atoms with Gasteiger partial charge in [0.2, 0.25) is 0 Å². The molecule has 0 saturated heterocycles. The molecule has 110 valence electrons. The lowest BCUT2D eigenvalue weighted by Gasteiger charge is -2.54. The molecule has 1 spiro atoms. The second-order valence-electron chi connectivity index (χ2n) is 7.72. The van der Waals surface area contributed by atoms with Crippen molar-refractivity contribution in [2.45, 2.75) is 45.4 Å². The molecule has 4 atom stereocenters. The van der Waals surface area contributed by atoms with Gasteiger partial charge in [-0.2, -0.15) is 0 Å². The van der Waals surface area contributed by atoms with Crippen molar-refractivity contribution in [1.82, 2.24) is 0 Å². The van der Waals surface area contributed by atoms with E-state index >= 15 is 0 Å². The molecule has 0 aliphatic heterocycles. The fraction of sp³-hybridized carbons (Fsp3) is 0.579. The summed E-state index contributed by atoms with van der Waals surface area (Å²) >= 11 is 0. The van der Waals surface area contributed by atoms with Gasteiger partial charge >= 0.3 is 0 Å². The zero-order chi connectivity index (χ0) is 14.8. The highest BCUT2D eigenvalue weighted by Gasteiger charge is 2.58. The van der Waals surface area contributed by atoms with Crippen molar-refractivity contribution in [3.63, 3.8) is 0 Å². The average molecular weight is 282 g/mol. The molecule has 0 unspecified atom stereocenters. The van der Waals surface area contributed by atoms with Crippen LogP contribution >= 0.6 is 0 Å². The molecule has 2 bridgehead atoms. The number of carbonyl (C=O) groups is 2. The van der Waals surface area contributed by atoms with Crippen LogP contribution in [-0.2, 0) is 9.59 Å². The molecule has 0 aromatic rings. The molecule has 0 aromatic heterocycles.